The van der Waals surface area contributed by atoms with E-state index in [0.29, 0.717) is 18.0 Å². The van der Waals surface area contributed by atoms with Gasteiger partial charge >= 0.3 is 0 Å². The first-order valence-corrected chi connectivity index (χ1v) is 6.30. The van der Waals surface area contributed by atoms with Crippen molar-refractivity contribution < 1.29 is 9.53 Å². The SMILES string of the molecule is C#CCN(CCC)CC(=O)Nc1ccccc1OC. The summed E-state index contributed by atoms with van der Waals surface area (Å²) in [5.41, 5.74) is 0.673. The molecule has 19 heavy (non-hydrogen) atoms. The van der Waals surface area contributed by atoms with Crippen LogP contribution in [0.25, 0.3) is 0 Å². The van der Waals surface area contributed by atoms with E-state index in [2.05, 4.69) is 18.2 Å². The van der Waals surface area contributed by atoms with Gasteiger partial charge in [-0.15, -0.1) is 6.42 Å². The maximum Gasteiger partial charge on any atom is 0.238 e. The van der Waals surface area contributed by atoms with Gasteiger partial charge in [0, 0.05) is 0 Å². The van der Waals surface area contributed by atoms with Crippen LogP contribution in [-0.2, 0) is 4.79 Å². The molecule has 0 heterocycles. The molecule has 0 aliphatic heterocycles. The van der Waals surface area contributed by atoms with E-state index < -0.39 is 0 Å². The van der Waals surface area contributed by atoms with Gasteiger partial charge in [-0.05, 0) is 25.1 Å². The molecule has 0 atom stereocenters. The summed E-state index contributed by atoms with van der Waals surface area (Å²) in [7, 11) is 1.58. The first kappa shape index (κ1) is 15.1. The van der Waals surface area contributed by atoms with Crippen LogP contribution in [0.15, 0.2) is 24.3 Å². The number of anilines is 1. The average molecular weight is 260 g/mol. The minimum Gasteiger partial charge on any atom is -0.495 e. The molecule has 4 nitrogen and oxygen atoms in total. The van der Waals surface area contributed by atoms with Crippen molar-refractivity contribution in [2.45, 2.75) is 13.3 Å². The molecule has 0 unspecified atom stereocenters. The predicted molar refractivity (Wildman–Crippen MR) is 77.2 cm³/mol. The highest BCUT2D eigenvalue weighted by molar-refractivity contribution is 5.93. The van der Waals surface area contributed by atoms with Gasteiger partial charge in [-0.1, -0.05) is 25.0 Å². The predicted octanol–water partition coefficient (Wildman–Crippen LogP) is 1.98. The molecule has 4 heteroatoms. The second kappa shape index (κ2) is 8.17. The summed E-state index contributed by atoms with van der Waals surface area (Å²) in [5.74, 6) is 3.12. The van der Waals surface area contributed by atoms with Crippen molar-refractivity contribution in [3.63, 3.8) is 0 Å². The van der Waals surface area contributed by atoms with Gasteiger partial charge in [0.1, 0.15) is 5.75 Å². The molecule has 1 aromatic carbocycles. The Bertz CT molecular complexity index is 452. The van der Waals surface area contributed by atoms with Crippen molar-refractivity contribution in [3.05, 3.63) is 24.3 Å². The minimum absolute atomic E-state index is 0.0896. The quantitative estimate of drug-likeness (QED) is 0.762. The molecule has 0 aromatic heterocycles. The Morgan fingerprint density at radius 3 is 2.84 bits per heavy atom. The molecule has 0 bridgehead atoms. The third-order valence-corrected chi connectivity index (χ3v) is 2.60. The number of para-hydroxylation sites is 2. The number of ether oxygens (including phenoxy) is 1. The molecule has 1 aromatic rings. The van der Waals surface area contributed by atoms with Crippen molar-refractivity contribution in [2.75, 3.05) is 32.1 Å². The second-order valence-electron chi connectivity index (χ2n) is 4.16. The van der Waals surface area contributed by atoms with E-state index in [0.717, 1.165) is 13.0 Å². The van der Waals surface area contributed by atoms with E-state index in [1.54, 1.807) is 13.2 Å². The molecular formula is C15H20N2O2. The normalized spacial score (nSPS) is 10.0. The van der Waals surface area contributed by atoms with Crippen molar-refractivity contribution >= 4 is 11.6 Å². The fourth-order valence-corrected chi connectivity index (χ4v) is 1.80. The average Bonchev–Trinajstić information content (AvgIpc) is 2.40. The summed E-state index contributed by atoms with van der Waals surface area (Å²) in [5, 5.41) is 2.83. The van der Waals surface area contributed by atoms with Crippen LogP contribution in [0, 0.1) is 12.3 Å². The van der Waals surface area contributed by atoms with Crippen molar-refractivity contribution in [2.24, 2.45) is 0 Å². The molecule has 1 rings (SSSR count). The number of nitrogens with one attached hydrogen (secondary N) is 1. The van der Waals surface area contributed by atoms with Crippen LogP contribution in [0.2, 0.25) is 0 Å². The van der Waals surface area contributed by atoms with Gasteiger partial charge < -0.3 is 10.1 Å². The maximum atomic E-state index is 12.0. The van der Waals surface area contributed by atoms with Crippen LogP contribution in [0.4, 0.5) is 5.69 Å². The molecule has 0 aliphatic rings. The molecule has 1 amide bonds. The molecule has 0 saturated heterocycles. The number of rotatable bonds is 7. The van der Waals surface area contributed by atoms with Crippen LogP contribution < -0.4 is 10.1 Å². The fraction of sp³-hybridized carbons (Fsp3) is 0.400. The molecule has 102 valence electrons. The van der Waals surface area contributed by atoms with Crippen molar-refractivity contribution in [1.82, 2.24) is 4.90 Å². The topological polar surface area (TPSA) is 41.6 Å². The molecule has 0 fully saturated rings. The van der Waals surface area contributed by atoms with Gasteiger partial charge in [0.2, 0.25) is 5.91 Å². The second-order valence-corrected chi connectivity index (χ2v) is 4.16. The molecular weight excluding hydrogens is 240 g/mol. The number of hydrogen-bond donors (Lipinski definition) is 1. The summed E-state index contributed by atoms with van der Waals surface area (Å²) >= 11 is 0. The number of hydrogen-bond acceptors (Lipinski definition) is 3. The maximum absolute atomic E-state index is 12.0. The lowest BCUT2D eigenvalue weighted by atomic mass is 10.3. The van der Waals surface area contributed by atoms with E-state index in [-0.39, 0.29) is 12.5 Å². The van der Waals surface area contributed by atoms with Gasteiger partial charge in [0.05, 0.1) is 25.9 Å². The first-order chi connectivity index (χ1) is 9.21. The van der Waals surface area contributed by atoms with E-state index in [1.807, 2.05) is 23.1 Å². The monoisotopic (exact) mass is 260 g/mol. The minimum atomic E-state index is -0.0896. The molecule has 0 aliphatic carbocycles. The highest BCUT2D eigenvalue weighted by Gasteiger charge is 2.11. The highest BCUT2D eigenvalue weighted by atomic mass is 16.5. The third kappa shape index (κ3) is 5.02. The lowest BCUT2D eigenvalue weighted by Gasteiger charge is -2.18. The Kier molecular flexibility index (Phi) is 6.48. The van der Waals surface area contributed by atoms with E-state index in [1.165, 1.54) is 0 Å². The zero-order valence-corrected chi connectivity index (χ0v) is 11.5. The summed E-state index contributed by atoms with van der Waals surface area (Å²) in [6, 6.07) is 7.32. The number of terminal acetylenes is 1. The lowest BCUT2D eigenvalue weighted by molar-refractivity contribution is -0.117. The van der Waals surface area contributed by atoms with Crippen LogP contribution >= 0.6 is 0 Å². The van der Waals surface area contributed by atoms with Gasteiger partial charge in [-0.25, -0.2) is 0 Å². The van der Waals surface area contributed by atoms with E-state index in [4.69, 9.17) is 11.2 Å². The summed E-state index contributed by atoms with van der Waals surface area (Å²) in [6.45, 7) is 3.63. The molecule has 0 saturated carbocycles. The number of methoxy groups -OCH3 is 1. The standard InChI is InChI=1S/C15H20N2O2/c1-4-10-17(11-5-2)12-15(18)16-13-8-6-7-9-14(13)19-3/h1,6-9H,5,10-12H2,2-3H3,(H,16,18). The largest absolute Gasteiger partial charge is 0.495 e. The third-order valence-electron chi connectivity index (χ3n) is 2.60. The zero-order valence-electron chi connectivity index (χ0n) is 11.5. The van der Waals surface area contributed by atoms with Crippen LogP contribution in [0.3, 0.4) is 0 Å². The summed E-state index contributed by atoms with van der Waals surface area (Å²) in [6.07, 6.45) is 6.25. The number of amides is 1. The Morgan fingerprint density at radius 2 is 2.21 bits per heavy atom. The molecule has 1 N–H and O–H groups in total. The zero-order chi connectivity index (χ0) is 14.1. The Balaban J connectivity index is 2.61. The number of carbonyl (C=O) groups is 1. The number of carbonyl (C=O) groups excluding carboxylic acids is 1. The Hall–Kier alpha value is -1.99. The Morgan fingerprint density at radius 1 is 1.47 bits per heavy atom. The van der Waals surface area contributed by atoms with Crippen LogP contribution in [0.5, 0.6) is 5.75 Å². The van der Waals surface area contributed by atoms with Gasteiger partial charge in [-0.2, -0.15) is 0 Å². The smallest absolute Gasteiger partial charge is 0.238 e. The molecule has 0 spiro atoms. The molecule has 0 radical (unpaired) electrons. The van der Waals surface area contributed by atoms with Gasteiger partial charge in [-0.3, -0.25) is 9.69 Å². The fourth-order valence-electron chi connectivity index (χ4n) is 1.80. The highest BCUT2D eigenvalue weighted by Crippen LogP contribution is 2.22. The van der Waals surface area contributed by atoms with Crippen molar-refractivity contribution in [1.29, 1.82) is 0 Å². The van der Waals surface area contributed by atoms with E-state index in [9.17, 15) is 4.79 Å². The number of benzene rings is 1. The van der Waals surface area contributed by atoms with E-state index >= 15 is 0 Å². The van der Waals surface area contributed by atoms with Crippen molar-refractivity contribution in [3.8, 4) is 18.1 Å². The summed E-state index contributed by atoms with van der Waals surface area (Å²) in [4.78, 5) is 13.9. The summed E-state index contributed by atoms with van der Waals surface area (Å²) < 4.78 is 5.19. The van der Waals surface area contributed by atoms with Gasteiger partial charge in [0.25, 0.3) is 0 Å². The Labute approximate surface area is 114 Å². The lowest BCUT2D eigenvalue weighted by Crippen LogP contribution is -2.34. The first-order valence-electron chi connectivity index (χ1n) is 6.30. The number of nitrogens with zero attached hydrogens (tertiary/aromatic N) is 1. The van der Waals surface area contributed by atoms with Crippen LogP contribution in [-0.4, -0.2) is 37.6 Å². The van der Waals surface area contributed by atoms with Crippen LogP contribution in [0.1, 0.15) is 13.3 Å². The van der Waals surface area contributed by atoms with Gasteiger partial charge in [0.15, 0.2) is 0 Å².